The first kappa shape index (κ1) is 22.2. The van der Waals surface area contributed by atoms with E-state index in [4.69, 9.17) is 5.73 Å². The number of hydrogen-bond donors (Lipinski definition) is 1. The van der Waals surface area contributed by atoms with Gasteiger partial charge in [-0.2, -0.15) is 0 Å². The van der Waals surface area contributed by atoms with E-state index in [1.165, 1.54) is 106 Å². The molecule has 0 heterocycles. The number of unbranched alkanes of at least 4 members (excludes halogenated alkanes) is 6. The second-order valence-electron chi connectivity index (χ2n) is 9.76. The van der Waals surface area contributed by atoms with Crippen molar-refractivity contribution in [3.05, 3.63) is 71.8 Å². The zero-order valence-corrected chi connectivity index (χ0v) is 20.1. The molecule has 0 saturated heterocycles. The van der Waals surface area contributed by atoms with Gasteiger partial charge in [0.1, 0.15) is 0 Å². The van der Waals surface area contributed by atoms with Gasteiger partial charge in [-0.25, -0.2) is 0 Å². The lowest BCUT2D eigenvalue weighted by atomic mass is 9.86. The molecule has 0 spiro atoms. The van der Waals surface area contributed by atoms with Gasteiger partial charge >= 0.3 is 0 Å². The number of nitrogens with two attached hydrogens (primary N) is 1. The molecule has 0 unspecified atom stereocenters. The SMILES string of the molecule is CCCCCCc1ccc2c3cccc4c(CCCCCCN)ccc(c5cccc1c25)c43. The van der Waals surface area contributed by atoms with Crippen LogP contribution in [0.1, 0.15) is 69.4 Å². The molecule has 0 aliphatic heterocycles. The standard InChI is InChI=1S/C32H37N/c1-2-3-4-7-12-23-18-20-29-28-17-11-15-26-24(13-8-5-6-9-22-33)19-21-30(32(26)28)27-16-10-14-25(23)31(27)29/h10-11,14-21H,2-9,12-13,22,33H2,1H3. The van der Waals surface area contributed by atoms with Crippen molar-refractivity contribution in [2.45, 2.75) is 71.1 Å². The van der Waals surface area contributed by atoms with E-state index in [-0.39, 0.29) is 0 Å². The average molecular weight is 436 g/mol. The van der Waals surface area contributed by atoms with Gasteiger partial charge in [0.25, 0.3) is 0 Å². The molecule has 0 atom stereocenters. The summed E-state index contributed by atoms with van der Waals surface area (Å²) in [6.45, 7) is 3.10. The fraction of sp³-hybridized carbons (Fsp3) is 0.375. The third kappa shape index (κ3) is 4.20. The molecule has 33 heavy (non-hydrogen) atoms. The van der Waals surface area contributed by atoms with Crippen molar-refractivity contribution in [2.75, 3.05) is 6.54 Å². The molecule has 5 aromatic carbocycles. The van der Waals surface area contributed by atoms with Crippen LogP contribution in [0.4, 0.5) is 0 Å². The summed E-state index contributed by atoms with van der Waals surface area (Å²) >= 11 is 0. The molecule has 0 radical (unpaired) electrons. The first-order chi connectivity index (χ1) is 16.3. The molecule has 0 aliphatic rings. The Morgan fingerprint density at radius 1 is 0.485 bits per heavy atom. The van der Waals surface area contributed by atoms with Gasteiger partial charge in [0.2, 0.25) is 0 Å². The quantitative estimate of drug-likeness (QED) is 0.125. The molecule has 170 valence electrons. The summed E-state index contributed by atoms with van der Waals surface area (Å²) in [4.78, 5) is 0. The maximum atomic E-state index is 5.67. The highest BCUT2D eigenvalue weighted by atomic mass is 14.5. The van der Waals surface area contributed by atoms with E-state index in [0.717, 1.165) is 19.4 Å². The lowest BCUT2D eigenvalue weighted by molar-refractivity contribution is 0.648. The highest BCUT2D eigenvalue weighted by Crippen LogP contribution is 2.42. The molecule has 2 N–H and O–H groups in total. The lowest BCUT2D eigenvalue weighted by Gasteiger charge is -2.18. The van der Waals surface area contributed by atoms with E-state index in [1.54, 1.807) is 0 Å². The van der Waals surface area contributed by atoms with Crippen LogP contribution in [-0.2, 0) is 12.8 Å². The molecule has 0 fully saturated rings. The Morgan fingerprint density at radius 3 is 1.45 bits per heavy atom. The zero-order valence-electron chi connectivity index (χ0n) is 20.1. The molecule has 0 aromatic heterocycles. The van der Waals surface area contributed by atoms with E-state index < -0.39 is 0 Å². The van der Waals surface area contributed by atoms with Crippen LogP contribution in [0.25, 0.3) is 43.1 Å². The van der Waals surface area contributed by atoms with E-state index in [0.29, 0.717) is 0 Å². The van der Waals surface area contributed by atoms with E-state index in [9.17, 15) is 0 Å². The fourth-order valence-corrected chi connectivity index (χ4v) is 5.82. The molecule has 0 saturated carbocycles. The van der Waals surface area contributed by atoms with Gasteiger partial charge < -0.3 is 5.73 Å². The minimum Gasteiger partial charge on any atom is -0.330 e. The van der Waals surface area contributed by atoms with Gasteiger partial charge in [-0.1, -0.05) is 99.7 Å². The van der Waals surface area contributed by atoms with Crippen molar-refractivity contribution in [2.24, 2.45) is 5.73 Å². The zero-order chi connectivity index (χ0) is 22.6. The summed E-state index contributed by atoms with van der Waals surface area (Å²) in [5.41, 5.74) is 8.67. The Balaban J connectivity index is 1.61. The Morgan fingerprint density at radius 2 is 0.939 bits per heavy atom. The van der Waals surface area contributed by atoms with Crippen LogP contribution < -0.4 is 5.73 Å². The Hall–Kier alpha value is -2.64. The van der Waals surface area contributed by atoms with Crippen LogP contribution in [0.5, 0.6) is 0 Å². The third-order valence-electron chi connectivity index (χ3n) is 7.54. The minimum atomic E-state index is 0.812. The minimum absolute atomic E-state index is 0.812. The maximum absolute atomic E-state index is 5.67. The molecule has 1 heteroatoms. The fourth-order valence-electron chi connectivity index (χ4n) is 5.82. The summed E-state index contributed by atoms with van der Waals surface area (Å²) in [6, 6.07) is 23.5. The number of hydrogen-bond acceptors (Lipinski definition) is 1. The first-order valence-electron chi connectivity index (χ1n) is 13.1. The summed E-state index contributed by atoms with van der Waals surface area (Å²) in [6.07, 6.45) is 12.5. The number of benzene rings is 5. The maximum Gasteiger partial charge on any atom is -0.00236 e. The Kier molecular flexibility index (Phi) is 6.78. The van der Waals surface area contributed by atoms with Crippen LogP contribution in [0.2, 0.25) is 0 Å². The lowest BCUT2D eigenvalue weighted by Crippen LogP contribution is -1.98. The second-order valence-corrected chi connectivity index (χ2v) is 9.76. The van der Waals surface area contributed by atoms with Gasteiger partial charge in [-0.15, -0.1) is 0 Å². The van der Waals surface area contributed by atoms with Crippen molar-refractivity contribution in [1.82, 2.24) is 0 Å². The third-order valence-corrected chi connectivity index (χ3v) is 7.54. The van der Waals surface area contributed by atoms with Gasteiger partial charge in [-0.05, 0) is 92.9 Å². The molecule has 5 aromatic rings. The average Bonchev–Trinajstić information content (AvgIpc) is 2.85. The predicted molar refractivity (Wildman–Crippen MR) is 147 cm³/mol. The highest BCUT2D eigenvalue weighted by Gasteiger charge is 2.15. The summed E-state index contributed by atoms with van der Waals surface area (Å²) in [5, 5.41) is 11.4. The molecule has 1 nitrogen and oxygen atoms in total. The van der Waals surface area contributed by atoms with E-state index in [1.807, 2.05) is 0 Å². The largest absolute Gasteiger partial charge is 0.330 e. The van der Waals surface area contributed by atoms with Crippen molar-refractivity contribution in [3.8, 4) is 0 Å². The second kappa shape index (κ2) is 10.1. The van der Waals surface area contributed by atoms with Crippen LogP contribution >= 0.6 is 0 Å². The highest BCUT2D eigenvalue weighted by molar-refractivity contribution is 6.33. The number of rotatable bonds is 11. The summed E-state index contributed by atoms with van der Waals surface area (Å²) in [5.74, 6) is 0. The van der Waals surface area contributed by atoms with Crippen molar-refractivity contribution < 1.29 is 0 Å². The van der Waals surface area contributed by atoms with Gasteiger partial charge in [0.05, 0.1) is 0 Å². The summed E-state index contributed by atoms with van der Waals surface area (Å²) in [7, 11) is 0. The van der Waals surface area contributed by atoms with Crippen molar-refractivity contribution >= 4 is 43.1 Å². The Bertz CT molecular complexity index is 1340. The monoisotopic (exact) mass is 435 g/mol. The van der Waals surface area contributed by atoms with Crippen LogP contribution in [-0.4, -0.2) is 6.54 Å². The van der Waals surface area contributed by atoms with Gasteiger partial charge in [0, 0.05) is 0 Å². The number of aryl methyl sites for hydroxylation is 2. The van der Waals surface area contributed by atoms with Gasteiger partial charge in [-0.3, -0.25) is 0 Å². The number of fused-ring (bicyclic) bond motifs is 2. The van der Waals surface area contributed by atoms with Gasteiger partial charge in [0.15, 0.2) is 0 Å². The topological polar surface area (TPSA) is 26.0 Å². The molecule has 0 amide bonds. The predicted octanol–water partition coefficient (Wildman–Crippen LogP) is 8.92. The molecule has 0 bridgehead atoms. The van der Waals surface area contributed by atoms with E-state index in [2.05, 4.69) is 67.6 Å². The van der Waals surface area contributed by atoms with Crippen molar-refractivity contribution in [3.63, 3.8) is 0 Å². The first-order valence-corrected chi connectivity index (χ1v) is 13.1. The smallest absolute Gasteiger partial charge is 0.00236 e. The summed E-state index contributed by atoms with van der Waals surface area (Å²) < 4.78 is 0. The molecular weight excluding hydrogens is 398 g/mol. The van der Waals surface area contributed by atoms with Crippen LogP contribution in [0.3, 0.4) is 0 Å². The van der Waals surface area contributed by atoms with Crippen LogP contribution in [0.15, 0.2) is 60.7 Å². The Labute approximate surface area is 198 Å². The molecule has 5 rings (SSSR count). The van der Waals surface area contributed by atoms with Crippen molar-refractivity contribution in [1.29, 1.82) is 0 Å². The normalized spacial score (nSPS) is 12.1. The van der Waals surface area contributed by atoms with Crippen LogP contribution in [0, 0.1) is 0 Å². The van der Waals surface area contributed by atoms with E-state index >= 15 is 0 Å². The molecule has 0 aliphatic carbocycles. The molecular formula is C32H37N.